The van der Waals surface area contributed by atoms with Crippen molar-refractivity contribution in [3.8, 4) is 0 Å². The van der Waals surface area contributed by atoms with Gasteiger partial charge in [0.2, 0.25) is 0 Å². The monoisotopic (exact) mass is 331 g/mol. The molecule has 5 N–H and O–H groups in total. The van der Waals surface area contributed by atoms with E-state index in [1.807, 2.05) is 0 Å². The van der Waals surface area contributed by atoms with Gasteiger partial charge in [0.15, 0.2) is 0 Å². The van der Waals surface area contributed by atoms with Crippen molar-refractivity contribution in [2.24, 2.45) is 0 Å². The van der Waals surface area contributed by atoms with Gasteiger partial charge >= 0.3 is 18.0 Å². The van der Waals surface area contributed by atoms with Crippen LogP contribution in [0.1, 0.15) is 39.0 Å². The topological polar surface area (TPSA) is 145 Å². The van der Waals surface area contributed by atoms with Crippen LogP contribution < -0.4 is 16.0 Å². The summed E-state index contributed by atoms with van der Waals surface area (Å²) in [6.07, 6.45) is 1.95. The van der Waals surface area contributed by atoms with Crippen LogP contribution in [0, 0.1) is 0 Å². The summed E-state index contributed by atoms with van der Waals surface area (Å²) < 4.78 is 0. The molecular formula is C14H25N3O6. The highest BCUT2D eigenvalue weighted by Gasteiger charge is 2.20. The van der Waals surface area contributed by atoms with Crippen molar-refractivity contribution in [2.45, 2.75) is 45.1 Å². The average Bonchev–Trinajstić information content (AvgIpc) is 2.45. The summed E-state index contributed by atoms with van der Waals surface area (Å²) in [6, 6.07) is -1.85. The van der Waals surface area contributed by atoms with E-state index in [4.69, 9.17) is 10.2 Å². The van der Waals surface area contributed by atoms with Gasteiger partial charge in [0.05, 0.1) is 6.54 Å². The number of nitrogens with one attached hydrogen (secondary N) is 3. The fourth-order valence-electron chi connectivity index (χ4n) is 1.75. The molecule has 0 aromatic heterocycles. The molecule has 0 radical (unpaired) electrons. The van der Waals surface area contributed by atoms with Gasteiger partial charge in [0.25, 0.3) is 0 Å². The number of rotatable bonds is 13. The van der Waals surface area contributed by atoms with Crippen molar-refractivity contribution in [1.29, 1.82) is 0 Å². The zero-order valence-electron chi connectivity index (χ0n) is 13.3. The van der Waals surface area contributed by atoms with Crippen molar-refractivity contribution < 1.29 is 29.4 Å². The van der Waals surface area contributed by atoms with Crippen molar-refractivity contribution in [3.63, 3.8) is 0 Å². The molecule has 0 bridgehead atoms. The van der Waals surface area contributed by atoms with Crippen LogP contribution in [-0.2, 0) is 14.4 Å². The van der Waals surface area contributed by atoms with Gasteiger partial charge < -0.3 is 26.2 Å². The van der Waals surface area contributed by atoms with Crippen molar-refractivity contribution >= 4 is 23.8 Å². The number of aliphatic carboxylic acids is 2. The smallest absolute Gasteiger partial charge is 0.326 e. The van der Waals surface area contributed by atoms with Crippen LogP contribution in [0.5, 0.6) is 0 Å². The lowest BCUT2D eigenvalue weighted by atomic mass is 10.1. The molecule has 0 aromatic rings. The molecule has 0 fully saturated rings. The summed E-state index contributed by atoms with van der Waals surface area (Å²) in [4.78, 5) is 43.5. The summed E-state index contributed by atoms with van der Waals surface area (Å²) in [7, 11) is 0. The largest absolute Gasteiger partial charge is 0.481 e. The van der Waals surface area contributed by atoms with Crippen LogP contribution >= 0.6 is 0 Å². The highest BCUT2D eigenvalue weighted by molar-refractivity contribution is 5.83. The molecule has 2 amide bonds. The Morgan fingerprint density at radius 2 is 1.65 bits per heavy atom. The molecule has 9 heteroatoms. The number of hydrogen-bond donors (Lipinski definition) is 5. The number of urea groups is 1. The molecule has 0 saturated carbocycles. The van der Waals surface area contributed by atoms with E-state index >= 15 is 0 Å². The van der Waals surface area contributed by atoms with Crippen LogP contribution in [-0.4, -0.2) is 59.6 Å². The summed E-state index contributed by atoms with van der Waals surface area (Å²) in [5, 5.41) is 25.2. The van der Waals surface area contributed by atoms with Crippen LogP contribution in [0.2, 0.25) is 0 Å². The molecule has 1 atom stereocenters. The molecular weight excluding hydrogens is 306 g/mol. The quantitative estimate of drug-likeness (QED) is 0.298. The minimum absolute atomic E-state index is 0.0826. The number of ketones is 1. The molecule has 9 nitrogen and oxygen atoms in total. The van der Waals surface area contributed by atoms with Gasteiger partial charge in [0, 0.05) is 13.0 Å². The molecule has 0 unspecified atom stereocenters. The second kappa shape index (κ2) is 12.4. The lowest BCUT2D eigenvalue weighted by Crippen LogP contribution is -2.46. The highest BCUT2D eigenvalue weighted by atomic mass is 16.4. The van der Waals surface area contributed by atoms with Gasteiger partial charge in [-0.1, -0.05) is 6.42 Å². The third kappa shape index (κ3) is 13.2. The Morgan fingerprint density at radius 1 is 1.00 bits per heavy atom. The number of unbranched alkanes of at least 4 members (excludes halogenated alkanes) is 2. The third-order valence-corrected chi connectivity index (χ3v) is 2.94. The maximum atomic E-state index is 11.5. The lowest BCUT2D eigenvalue weighted by molar-refractivity contribution is -0.140. The van der Waals surface area contributed by atoms with Crippen molar-refractivity contribution in [3.05, 3.63) is 0 Å². The van der Waals surface area contributed by atoms with E-state index in [1.165, 1.54) is 6.92 Å². The molecule has 0 rings (SSSR count). The van der Waals surface area contributed by atoms with Gasteiger partial charge in [-0.3, -0.25) is 9.59 Å². The fraction of sp³-hybridized carbons (Fsp3) is 0.714. The standard InChI is InChI=1S/C14H25N3O6/c1-10(18)9-15-7-3-2-4-8-16-14(23)17-11(13(21)22)5-6-12(19)20/h11,15H,2-9H2,1H3,(H,19,20)(H,21,22)(H2,16,17,23)/t11-/m0/s1. The van der Waals surface area contributed by atoms with E-state index in [2.05, 4.69) is 16.0 Å². The number of carbonyl (C=O) groups is 4. The van der Waals surface area contributed by atoms with Crippen molar-refractivity contribution in [2.75, 3.05) is 19.6 Å². The number of carboxylic acids is 2. The minimum Gasteiger partial charge on any atom is -0.481 e. The number of carboxylic acid groups (broad SMARTS) is 2. The molecule has 132 valence electrons. The van der Waals surface area contributed by atoms with E-state index < -0.39 is 24.0 Å². The molecule has 0 aliphatic carbocycles. The van der Waals surface area contributed by atoms with Crippen molar-refractivity contribution in [1.82, 2.24) is 16.0 Å². The molecule has 0 aliphatic rings. The average molecular weight is 331 g/mol. The Labute approximate surface area is 134 Å². The predicted molar refractivity (Wildman–Crippen MR) is 82.2 cm³/mol. The molecule has 23 heavy (non-hydrogen) atoms. The van der Waals surface area contributed by atoms with Gasteiger partial charge in [-0.2, -0.15) is 0 Å². The Bertz CT molecular complexity index is 413. The van der Waals surface area contributed by atoms with Crippen LogP contribution in [0.15, 0.2) is 0 Å². The first-order valence-electron chi connectivity index (χ1n) is 7.52. The normalized spacial score (nSPS) is 11.5. The van der Waals surface area contributed by atoms with Gasteiger partial charge in [0.1, 0.15) is 11.8 Å². The van der Waals surface area contributed by atoms with E-state index in [1.54, 1.807) is 0 Å². The Morgan fingerprint density at radius 3 is 2.22 bits per heavy atom. The molecule has 0 heterocycles. The predicted octanol–water partition coefficient (Wildman–Crippen LogP) is -0.0475. The lowest BCUT2D eigenvalue weighted by Gasteiger charge is -2.14. The SMILES string of the molecule is CC(=O)CNCCCCCNC(=O)N[C@@H](CCC(=O)O)C(=O)O. The first-order valence-corrected chi connectivity index (χ1v) is 7.52. The summed E-state index contributed by atoms with van der Waals surface area (Å²) in [6.45, 7) is 2.98. The van der Waals surface area contributed by atoms with Crippen LogP contribution in [0.25, 0.3) is 0 Å². The highest BCUT2D eigenvalue weighted by Crippen LogP contribution is 1.98. The van der Waals surface area contributed by atoms with Gasteiger partial charge in [-0.25, -0.2) is 9.59 Å². The number of amides is 2. The second-order valence-electron chi connectivity index (χ2n) is 5.16. The molecule has 0 aromatic carbocycles. The first kappa shape index (κ1) is 20.8. The Hall–Kier alpha value is -2.16. The molecule has 0 aliphatic heterocycles. The Kier molecular flexibility index (Phi) is 11.2. The fourth-order valence-corrected chi connectivity index (χ4v) is 1.75. The van der Waals surface area contributed by atoms with E-state index in [0.29, 0.717) is 13.1 Å². The number of Topliss-reactive ketones (excluding diaryl/α,β-unsaturated/α-hetero) is 1. The zero-order chi connectivity index (χ0) is 17.7. The van der Waals surface area contributed by atoms with Crippen LogP contribution in [0.4, 0.5) is 4.79 Å². The van der Waals surface area contributed by atoms with E-state index in [-0.39, 0.29) is 18.6 Å². The maximum absolute atomic E-state index is 11.5. The second-order valence-corrected chi connectivity index (χ2v) is 5.16. The Balaban J connectivity index is 3.73. The van der Waals surface area contributed by atoms with Gasteiger partial charge in [-0.05, 0) is 32.7 Å². The van der Waals surface area contributed by atoms with E-state index in [9.17, 15) is 19.2 Å². The van der Waals surface area contributed by atoms with E-state index in [0.717, 1.165) is 25.8 Å². The zero-order valence-corrected chi connectivity index (χ0v) is 13.3. The molecule has 0 saturated heterocycles. The van der Waals surface area contributed by atoms with Gasteiger partial charge in [-0.15, -0.1) is 0 Å². The number of carbonyl (C=O) groups excluding carboxylic acids is 2. The summed E-state index contributed by atoms with van der Waals surface area (Å²) in [5.41, 5.74) is 0. The molecule has 0 spiro atoms. The summed E-state index contributed by atoms with van der Waals surface area (Å²) >= 11 is 0. The minimum atomic E-state index is -1.27. The third-order valence-electron chi connectivity index (χ3n) is 2.94. The van der Waals surface area contributed by atoms with Crippen LogP contribution in [0.3, 0.4) is 0 Å². The first-order chi connectivity index (χ1) is 10.8. The summed E-state index contributed by atoms with van der Waals surface area (Å²) in [5.74, 6) is -2.30. The number of hydrogen-bond acceptors (Lipinski definition) is 5. The maximum Gasteiger partial charge on any atom is 0.326 e.